The maximum Gasteiger partial charge on any atom is 0.258 e. The minimum atomic E-state index is -0.787. The molecule has 0 aromatic heterocycles. The molecule has 2 aromatic carbocycles. The second-order valence-electron chi connectivity index (χ2n) is 9.19. The first-order valence-electron chi connectivity index (χ1n) is 11.5. The number of hydrogen-bond donors (Lipinski definition) is 1. The highest BCUT2D eigenvalue weighted by molar-refractivity contribution is 6.06. The predicted octanol–water partition coefficient (Wildman–Crippen LogP) is 4.18. The van der Waals surface area contributed by atoms with Crippen LogP contribution in [0.1, 0.15) is 49.7 Å². The fraction of sp³-hybridized carbons (Fsp3) is 0.462. The van der Waals surface area contributed by atoms with Gasteiger partial charge in [-0.1, -0.05) is 92.8 Å². The van der Waals surface area contributed by atoms with Crippen molar-refractivity contribution in [2.75, 3.05) is 13.6 Å². The van der Waals surface area contributed by atoms with Crippen LogP contribution in [0.15, 0.2) is 65.7 Å². The number of likely N-dealkylation sites (N-methyl/N-ethyl adjacent to an activating group) is 1. The molecule has 31 heavy (non-hydrogen) atoms. The molecule has 1 unspecified atom stereocenters. The van der Waals surface area contributed by atoms with Gasteiger partial charge in [0.1, 0.15) is 0 Å². The van der Waals surface area contributed by atoms with Gasteiger partial charge in [0.15, 0.2) is 11.5 Å². The molecule has 164 valence electrons. The van der Waals surface area contributed by atoms with E-state index in [0.29, 0.717) is 18.4 Å². The molecule has 1 fully saturated rings. The zero-order valence-electron chi connectivity index (χ0n) is 18.5. The van der Waals surface area contributed by atoms with Gasteiger partial charge >= 0.3 is 0 Å². The monoisotopic (exact) mass is 418 g/mol. The largest absolute Gasteiger partial charge is 0.369 e. The Morgan fingerprint density at radius 3 is 2.00 bits per heavy atom. The molecule has 2 N–H and O–H groups in total. The molecule has 5 heteroatoms. The summed E-state index contributed by atoms with van der Waals surface area (Å²) in [5.41, 5.74) is 7.86. The van der Waals surface area contributed by atoms with Gasteiger partial charge < -0.3 is 5.73 Å². The van der Waals surface area contributed by atoms with Gasteiger partial charge in [-0.05, 0) is 23.5 Å². The van der Waals surface area contributed by atoms with Crippen molar-refractivity contribution in [3.05, 3.63) is 71.8 Å². The van der Waals surface area contributed by atoms with Crippen molar-refractivity contribution in [1.82, 2.24) is 9.80 Å². The standard InChI is InChI=1S/C26H34N4O/c1-29-24(31)26(28-25(29)27,17-21-11-5-2-6-12-21)20-30(18-22-13-7-3-8-14-22)19-23-15-9-4-10-16-23/h3-4,7-10,13-16,21H,2,5-6,11-12,17-20H2,1H3,(H2,27,28). The minimum Gasteiger partial charge on any atom is -0.369 e. The summed E-state index contributed by atoms with van der Waals surface area (Å²) in [6, 6.07) is 20.9. The number of rotatable bonds is 8. The second kappa shape index (κ2) is 9.65. The Kier molecular flexibility index (Phi) is 6.71. The average molecular weight is 419 g/mol. The molecule has 1 heterocycles. The number of aliphatic imine (C=N–C) groups is 1. The van der Waals surface area contributed by atoms with Crippen LogP contribution in [0.3, 0.4) is 0 Å². The van der Waals surface area contributed by atoms with Crippen molar-refractivity contribution in [2.45, 2.75) is 57.2 Å². The summed E-state index contributed by atoms with van der Waals surface area (Å²) < 4.78 is 0. The molecular formula is C26H34N4O. The van der Waals surface area contributed by atoms with Gasteiger partial charge in [-0.15, -0.1) is 0 Å². The lowest BCUT2D eigenvalue weighted by Gasteiger charge is -2.35. The highest BCUT2D eigenvalue weighted by Crippen LogP contribution is 2.36. The molecule has 1 saturated carbocycles. The van der Waals surface area contributed by atoms with Crippen LogP contribution in [0.25, 0.3) is 0 Å². The number of nitrogens with zero attached hydrogens (tertiary/aromatic N) is 3. The maximum atomic E-state index is 13.5. The van der Waals surface area contributed by atoms with Gasteiger partial charge in [0.2, 0.25) is 0 Å². The highest BCUT2D eigenvalue weighted by Gasteiger charge is 2.48. The molecular weight excluding hydrogens is 384 g/mol. The summed E-state index contributed by atoms with van der Waals surface area (Å²) in [6.07, 6.45) is 6.97. The van der Waals surface area contributed by atoms with E-state index in [0.717, 1.165) is 19.5 Å². The molecule has 2 aliphatic rings. The SMILES string of the molecule is CN1C(=O)C(CC2CCCCC2)(CN(Cc2ccccc2)Cc2ccccc2)N=C1N. The first-order valence-corrected chi connectivity index (χ1v) is 11.5. The maximum absolute atomic E-state index is 13.5. The lowest BCUT2D eigenvalue weighted by Crippen LogP contribution is -2.50. The Labute approximate surface area is 186 Å². The van der Waals surface area contributed by atoms with Crippen LogP contribution in [0.2, 0.25) is 0 Å². The van der Waals surface area contributed by atoms with Crippen molar-refractivity contribution in [3.63, 3.8) is 0 Å². The van der Waals surface area contributed by atoms with E-state index in [9.17, 15) is 4.79 Å². The van der Waals surface area contributed by atoms with Gasteiger partial charge in [-0.25, -0.2) is 4.99 Å². The molecule has 0 radical (unpaired) electrons. The highest BCUT2D eigenvalue weighted by atomic mass is 16.2. The quantitative estimate of drug-likeness (QED) is 0.699. The number of carbonyl (C=O) groups is 1. The zero-order valence-corrected chi connectivity index (χ0v) is 18.5. The first-order chi connectivity index (χ1) is 15.1. The lowest BCUT2D eigenvalue weighted by molar-refractivity contribution is -0.132. The van der Waals surface area contributed by atoms with E-state index in [1.165, 1.54) is 43.2 Å². The van der Waals surface area contributed by atoms with Crippen molar-refractivity contribution in [3.8, 4) is 0 Å². The van der Waals surface area contributed by atoms with E-state index in [4.69, 9.17) is 10.7 Å². The Balaban J connectivity index is 1.61. The molecule has 4 rings (SSSR count). The van der Waals surface area contributed by atoms with E-state index in [1.54, 1.807) is 11.9 Å². The van der Waals surface area contributed by atoms with Gasteiger partial charge in [0, 0.05) is 26.7 Å². The molecule has 1 aliphatic heterocycles. The average Bonchev–Trinajstić information content (AvgIpc) is 2.99. The molecule has 0 bridgehead atoms. The van der Waals surface area contributed by atoms with Crippen LogP contribution < -0.4 is 5.73 Å². The Morgan fingerprint density at radius 1 is 0.968 bits per heavy atom. The van der Waals surface area contributed by atoms with Gasteiger partial charge in [0.05, 0.1) is 0 Å². The molecule has 2 aromatic rings. The summed E-state index contributed by atoms with van der Waals surface area (Å²) in [4.78, 5) is 22.2. The number of amides is 1. The fourth-order valence-corrected chi connectivity index (χ4v) is 5.15. The third-order valence-electron chi connectivity index (χ3n) is 6.71. The van der Waals surface area contributed by atoms with Crippen molar-refractivity contribution in [2.24, 2.45) is 16.6 Å². The molecule has 5 nitrogen and oxygen atoms in total. The number of hydrogen-bond acceptors (Lipinski definition) is 4. The van der Waals surface area contributed by atoms with Crippen LogP contribution in [0, 0.1) is 5.92 Å². The second-order valence-corrected chi connectivity index (χ2v) is 9.19. The minimum absolute atomic E-state index is 0.0432. The summed E-state index contributed by atoms with van der Waals surface area (Å²) in [6.45, 7) is 2.13. The van der Waals surface area contributed by atoms with E-state index in [-0.39, 0.29) is 5.91 Å². The summed E-state index contributed by atoms with van der Waals surface area (Å²) >= 11 is 0. The van der Waals surface area contributed by atoms with Crippen LogP contribution in [0.4, 0.5) is 0 Å². The Morgan fingerprint density at radius 2 is 1.52 bits per heavy atom. The number of carbonyl (C=O) groups excluding carboxylic acids is 1. The molecule has 1 atom stereocenters. The first kappa shape index (κ1) is 21.6. The van der Waals surface area contributed by atoms with Crippen molar-refractivity contribution < 1.29 is 4.79 Å². The lowest BCUT2D eigenvalue weighted by atomic mass is 9.79. The van der Waals surface area contributed by atoms with Gasteiger partial charge in [-0.2, -0.15) is 0 Å². The summed E-state index contributed by atoms with van der Waals surface area (Å²) in [5.74, 6) is 0.929. The Bertz CT molecular complexity index is 851. The van der Waals surface area contributed by atoms with Gasteiger partial charge in [0.25, 0.3) is 5.91 Å². The third-order valence-corrected chi connectivity index (χ3v) is 6.71. The van der Waals surface area contributed by atoms with Crippen LogP contribution in [-0.2, 0) is 17.9 Å². The van der Waals surface area contributed by atoms with E-state index >= 15 is 0 Å². The molecule has 1 aliphatic carbocycles. The molecule has 0 saturated heterocycles. The number of benzene rings is 2. The zero-order chi connectivity index (χ0) is 21.7. The van der Waals surface area contributed by atoms with E-state index < -0.39 is 5.54 Å². The predicted molar refractivity (Wildman–Crippen MR) is 125 cm³/mol. The van der Waals surface area contributed by atoms with Crippen LogP contribution >= 0.6 is 0 Å². The number of guanidine groups is 1. The Hall–Kier alpha value is -2.66. The van der Waals surface area contributed by atoms with Crippen molar-refractivity contribution >= 4 is 11.9 Å². The van der Waals surface area contributed by atoms with Crippen LogP contribution in [-0.4, -0.2) is 40.8 Å². The molecule has 0 spiro atoms. The fourth-order valence-electron chi connectivity index (χ4n) is 5.15. The molecule has 1 amide bonds. The van der Waals surface area contributed by atoms with E-state index in [2.05, 4.69) is 53.4 Å². The summed E-state index contributed by atoms with van der Waals surface area (Å²) in [5, 5.41) is 0. The topological polar surface area (TPSA) is 61.9 Å². The summed E-state index contributed by atoms with van der Waals surface area (Å²) in [7, 11) is 1.75. The number of nitrogens with two attached hydrogens (primary N) is 1. The van der Waals surface area contributed by atoms with Gasteiger partial charge in [-0.3, -0.25) is 14.6 Å². The van der Waals surface area contributed by atoms with E-state index in [1.807, 2.05) is 12.1 Å². The smallest absolute Gasteiger partial charge is 0.258 e. The van der Waals surface area contributed by atoms with Crippen LogP contribution in [0.5, 0.6) is 0 Å². The van der Waals surface area contributed by atoms with Crippen molar-refractivity contribution in [1.29, 1.82) is 0 Å². The third kappa shape index (κ3) is 5.16. The normalized spacial score (nSPS) is 22.2.